The Labute approximate surface area is 76.0 Å². The molecule has 68 valence electrons. The van der Waals surface area contributed by atoms with Gasteiger partial charge in [0.1, 0.15) is 6.54 Å². The van der Waals surface area contributed by atoms with E-state index in [2.05, 4.69) is 27.6 Å². The number of rotatable bonds is 2. The minimum absolute atomic E-state index is 1.12. The molecule has 1 rings (SSSR count). The van der Waals surface area contributed by atoms with E-state index in [9.17, 15) is 0 Å². The molecule has 0 saturated carbocycles. The molecule has 0 aromatic rings. The van der Waals surface area contributed by atoms with Crippen molar-refractivity contribution < 1.29 is 4.48 Å². The maximum atomic E-state index is 3.88. The van der Waals surface area contributed by atoms with Crippen LogP contribution >= 0.6 is 0 Å². The Balaban J connectivity index is 2.84. The first-order valence-electron chi connectivity index (χ1n) is 4.74. The van der Waals surface area contributed by atoms with Crippen LogP contribution in [-0.2, 0) is 0 Å². The van der Waals surface area contributed by atoms with Crippen molar-refractivity contribution in [3.05, 3.63) is 23.8 Å². The molecule has 1 heterocycles. The van der Waals surface area contributed by atoms with E-state index < -0.39 is 0 Å². The summed E-state index contributed by atoms with van der Waals surface area (Å²) >= 11 is 0. The molecule has 0 bridgehead atoms. The zero-order valence-electron chi connectivity index (χ0n) is 8.56. The van der Waals surface area contributed by atoms with Gasteiger partial charge < -0.3 is 4.48 Å². The molecule has 0 aliphatic carbocycles. The monoisotopic (exact) mass is 166 g/mol. The van der Waals surface area contributed by atoms with Crippen molar-refractivity contribution in [3.8, 4) is 0 Å². The average molecular weight is 166 g/mol. The first-order chi connectivity index (χ1) is 5.59. The van der Waals surface area contributed by atoms with E-state index in [4.69, 9.17) is 0 Å². The Morgan fingerprint density at radius 2 is 2.17 bits per heavy atom. The number of nitrogens with zero attached hydrogens (tertiary/aromatic N) is 1. The lowest BCUT2D eigenvalue weighted by atomic mass is 9.97. The summed E-state index contributed by atoms with van der Waals surface area (Å²) in [7, 11) is 4.58. The molecule has 1 aliphatic rings. The summed E-state index contributed by atoms with van der Waals surface area (Å²) in [6, 6.07) is 0. The van der Waals surface area contributed by atoms with E-state index in [-0.39, 0.29) is 0 Å². The molecule has 0 fully saturated rings. The minimum Gasteiger partial charge on any atom is -0.324 e. The predicted molar refractivity (Wildman–Crippen MR) is 54.0 cm³/mol. The summed E-state index contributed by atoms with van der Waals surface area (Å²) in [4.78, 5) is 0. The lowest BCUT2D eigenvalue weighted by Gasteiger charge is -2.35. The molecule has 0 saturated heterocycles. The van der Waals surface area contributed by atoms with Gasteiger partial charge in [0.25, 0.3) is 0 Å². The number of quaternary nitrogens is 1. The van der Waals surface area contributed by atoms with Gasteiger partial charge in [-0.1, -0.05) is 25.2 Å². The zero-order chi connectivity index (χ0) is 9.19. The summed E-state index contributed by atoms with van der Waals surface area (Å²) < 4.78 is 1.12. The van der Waals surface area contributed by atoms with Crippen molar-refractivity contribution in [2.45, 2.75) is 19.8 Å². The Morgan fingerprint density at radius 3 is 2.67 bits per heavy atom. The summed E-state index contributed by atoms with van der Waals surface area (Å²) in [5, 5.41) is 0. The van der Waals surface area contributed by atoms with Crippen molar-refractivity contribution in [1.82, 2.24) is 0 Å². The highest BCUT2D eigenvalue weighted by atomic mass is 15.3. The van der Waals surface area contributed by atoms with Gasteiger partial charge in [0.2, 0.25) is 0 Å². The van der Waals surface area contributed by atoms with Crippen molar-refractivity contribution >= 4 is 0 Å². The van der Waals surface area contributed by atoms with Crippen molar-refractivity contribution in [3.63, 3.8) is 0 Å². The van der Waals surface area contributed by atoms with Crippen LogP contribution in [0.25, 0.3) is 0 Å². The standard InChI is InChI=1S/C11H20N/c1-5-10-7-8-12(3,4)9-11(10)6-2/h6H,2,5,7-9H2,1,3-4H3/q+1. The molecule has 0 N–H and O–H groups in total. The quantitative estimate of drug-likeness (QED) is 0.552. The fourth-order valence-corrected chi connectivity index (χ4v) is 1.86. The van der Waals surface area contributed by atoms with Gasteiger partial charge in [0.15, 0.2) is 0 Å². The highest BCUT2D eigenvalue weighted by Crippen LogP contribution is 2.23. The molecule has 12 heavy (non-hydrogen) atoms. The van der Waals surface area contributed by atoms with Gasteiger partial charge in [-0.05, 0) is 6.42 Å². The molecule has 0 atom stereocenters. The maximum Gasteiger partial charge on any atom is 0.104 e. The van der Waals surface area contributed by atoms with Crippen LogP contribution in [0.5, 0.6) is 0 Å². The third kappa shape index (κ3) is 1.98. The summed E-state index contributed by atoms with van der Waals surface area (Å²) in [5.74, 6) is 0. The van der Waals surface area contributed by atoms with Gasteiger partial charge in [-0.3, -0.25) is 0 Å². The van der Waals surface area contributed by atoms with E-state index in [1.165, 1.54) is 25.0 Å². The van der Waals surface area contributed by atoms with E-state index in [1.54, 1.807) is 5.57 Å². The molecule has 0 amide bonds. The van der Waals surface area contributed by atoms with Crippen LogP contribution in [-0.4, -0.2) is 31.7 Å². The largest absolute Gasteiger partial charge is 0.324 e. The number of likely N-dealkylation sites (N-methyl/N-ethyl adjacent to an activating group) is 1. The average Bonchev–Trinajstić information content (AvgIpc) is 2.03. The first-order valence-corrected chi connectivity index (χ1v) is 4.74. The topological polar surface area (TPSA) is 0 Å². The number of hydrogen-bond donors (Lipinski definition) is 0. The van der Waals surface area contributed by atoms with Gasteiger partial charge >= 0.3 is 0 Å². The van der Waals surface area contributed by atoms with Gasteiger partial charge in [-0.25, -0.2) is 0 Å². The number of hydrogen-bond acceptors (Lipinski definition) is 0. The van der Waals surface area contributed by atoms with Crippen LogP contribution in [0, 0.1) is 0 Å². The Morgan fingerprint density at radius 1 is 1.50 bits per heavy atom. The molecule has 0 aromatic carbocycles. The second kappa shape index (κ2) is 3.44. The normalized spacial score (nSPS) is 22.6. The predicted octanol–water partition coefficient (Wildman–Crippen LogP) is 2.36. The third-order valence-electron chi connectivity index (χ3n) is 2.74. The van der Waals surface area contributed by atoms with Crippen LogP contribution in [0.2, 0.25) is 0 Å². The Kier molecular flexibility index (Phi) is 2.73. The summed E-state index contributed by atoms with van der Waals surface area (Å²) in [5.41, 5.74) is 3.09. The fourth-order valence-electron chi connectivity index (χ4n) is 1.86. The SMILES string of the molecule is C=CC1=C(CC)CC[N+](C)(C)C1. The molecule has 1 heteroatoms. The molecule has 1 aliphatic heterocycles. The second-order valence-electron chi connectivity index (χ2n) is 4.25. The van der Waals surface area contributed by atoms with Crippen LogP contribution in [0.4, 0.5) is 0 Å². The highest BCUT2D eigenvalue weighted by Gasteiger charge is 2.23. The zero-order valence-corrected chi connectivity index (χ0v) is 8.56. The Hall–Kier alpha value is -0.560. The smallest absolute Gasteiger partial charge is 0.104 e. The lowest BCUT2D eigenvalue weighted by Crippen LogP contribution is -2.44. The van der Waals surface area contributed by atoms with Crippen LogP contribution in [0.1, 0.15) is 19.8 Å². The molecule has 0 aromatic heterocycles. The molecular weight excluding hydrogens is 146 g/mol. The van der Waals surface area contributed by atoms with Crippen molar-refractivity contribution in [1.29, 1.82) is 0 Å². The molecule has 0 radical (unpaired) electrons. The van der Waals surface area contributed by atoms with Gasteiger partial charge in [0, 0.05) is 12.0 Å². The van der Waals surface area contributed by atoms with Crippen molar-refractivity contribution in [2.24, 2.45) is 0 Å². The summed E-state index contributed by atoms with van der Waals surface area (Å²) in [6.45, 7) is 8.56. The van der Waals surface area contributed by atoms with Gasteiger partial charge in [0.05, 0.1) is 20.6 Å². The molecule has 0 unspecified atom stereocenters. The van der Waals surface area contributed by atoms with Crippen LogP contribution in [0.3, 0.4) is 0 Å². The van der Waals surface area contributed by atoms with E-state index in [1.807, 2.05) is 6.08 Å². The highest BCUT2D eigenvalue weighted by molar-refractivity contribution is 5.26. The maximum absolute atomic E-state index is 3.88. The van der Waals surface area contributed by atoms with Crippen LogP contribution in [0.15, 0.2) is 23.8 Å². The molecule has 1 nitrogen and oxygen atoms in total. The fraction of sp³-hybridized carbons (Fsp3) is 0.636. The van der Waals surface area contributed by atoms with E-state index >= 15 is 0 Å². The van der Waals surface area contributed by atoms with Gasteiger partial charge in [-0.15, -0.1) is 0 Å². The molecular formula is C11H20N+. The van der Waals surface area contributed by atoms with Crippen molar-refractivity contribution in [2.75, 3.05) is 27.2 Å². The second-order valence-corrected chi connectivity index (χ2v) is 4.25. The van der Waals surface area contributed by atoms with E-state index in [0.29, 0.717) is 0 Å². The Bertz CT molecular complexity index is 211. The lowest BCUT2D eigenvalue weighted by molar-refractivity contribution is -0.886. The first kappa shape index (κ1) is 9.53. The summed E-state index contributed by atoms with van der Waals surface area (Å²) in [6.07, 6.45) is 4.49. The van der Waals surface area contributed by atoms with Crippen LogP contribution < -0.4 is 0 Å². The van der Waals surface area contributed by atoms with E-state index in [0.717, 1.165) is 11.0 Å². The minimum atomic E-state index is 1.12. The van der Waals surface area contributed by atoms with Gasteiger partial charge in [-0.2, -0.15) is 0 Å². The molecule has 0 spiro atoms. The third-order valence-corrected chi connectivity index (χ3v) is 2.74.